The van der Waals surface area contributed by atoms with Crippen LogP contribution in [0, 0.1) is 0 Å². The molecule has 0 saturated heterocycles. The lowest BCUT2D eigenvalue weighted by Crippen LogP contribution is -2.37. The number of nitrogens with zero attached hydrogens (tertiary/aromatic N) is 1. The predicted molar refractivity (Wildman–Crippen MR) is 118 cm³/mol. The number of alkyl halides is 3. The van der Waals surface area contributed by atoms with Crippen LogP contribution >= 0.6 is 11.6 Å². The first-order chi connectivity index (χ1) is 15.7. The fourth-order valence-corrected chi connectivity index (χ4v) is 3.94. The topological polar surface area (TPSA) is 111 Å². The average Bonchev–Trinajstić information content (AvgIpc) is 2.75. The van der Waals surface area contributed by atoms with Crippen LogP contribution < -0.4 is 19.1 Å². The van der Waals surface area contributed by atoms with Crippen molar-refractivity contribution >= 4 is 44.9 Å². The van der Waals surface area contributed by atoms with Gasteiger partial charge in [-0.25, -0.2) is 13.2 Å². The van der Waals surface area contributed by atoms with Crippen molar-refractivity contribution in [1.29, 1.82) is 0 Å². The highest BCUT2D eigenvalue weighted by Crippen LogP contribution is 2.37. The molecule has 0 heterocycles. The van der Waals surface area contributed by atoms with Crippen molar-refractivity contribution in [3.05, 3.63) is 46.5 Å². The van der Waals surface area contributed by atoms with E-state index in [-0.39, 0.29) is 22.7 Å². The maximum absolute atomic E-state index is 13.2. The first-order valence-electron chi connectivity index (χ1n) is 9.21. The molecule has 0 radical (unpaired) electrons. The van der Waals surface area contributed by atoms with Crippen LogP contribution in [0.3, 0.4) is 0 Å². The van der Waals surface area contributed by atoms with Gasteiger partial charge in [0.1, 0.15) is 6.54 Å². The number of rotatable bonds is 8. The molecule has 0 spiro atoms. The zero-order valence-electron chi connectivity index (χ0n) is 18.3. The van der Waals surface area contributed by atoms with Gasteiger partial charge in [0.25, 0.3) is 0 Å². The van der Waals surface area contributed by atoms with Gasteiger partial charge >= 0.3 is 12.1 Å². The third kappa shape index (κ3) is 6.23. The Labute approximate surface area is 198 Å². The van der Waals surface area contributed by atoms with E-state index in [1.54, 1.807) is 0 Å². The van der Waals surface area contributed by atoms with Gasteiger partial charge in [0.05, 0.1) is 55.1 Å². The zero-order chi connectivity index (χ0) is 25.8. The van der Waals surface area contributed by atoms with E-state index in [0.29, 0.717) is 10.4 Å². The summed E-state index contributed by atoms with van der Waals surface area (Å²) in [5.74, 6) is -1.52. The first-order valence-corrected chi connectivity index (χ1v) is 11.4. The minimum atomic E-state index is -4.85. The van der Waals surface area contributed by atoms with Gasteiger partial charge in [-0.15, -0.1) is 0 Å². The molecule has 14 heteroatoms. The number of nitrogens with one attached hydrogen (secondary N) is 1. The lowest BCUT2D eigenvalue weighted by molar-refractivity contribution is -0.137. The Kier molecular flexibility index (Phi) is 8.26. The van der Waals surface area contributed by atoms with Gasteiger partial charge in [-0.1, -0.05) is 11.6 Å². The highest BCUT2D eigenvalue weighted by molar-refractivity contribution is 7.92. The Morgan fingerprint density at radius 2 is 1.65 bits per heavy atom. The molecular formula is C20H20ClF3N2O7S. The summed E-state index contributed by atoms with van der Waals surface area (Å²) in [6.07, 6.45) is -4.13. The van der Waals surface area contributed by atoms with Crippen LogP contribution in [0.5, 0.6) is 11.5 Å². The second-order valence-electron chi connectivity index (χ2n) is 6.72. The standard InChI is InChI=1S/C20H20ClF3N2O7S/c1-31-16-8-12(19(28)33-3)15(9-17(16)32-2)25-18(27)10-26(34(4,29)30)11-5-6-14(21)13(7-11)20(22,23)24/h5-9H,10H2,1-4H3,(H,25,27). The molecule has 0 aliphatic heterocycles. The van der Waals surface area contributed by atoms with Crippen LogP contribution in [-0.2, 0) is 25.7 Å². The minimum absolute atomic E-state index is 0.102. The number of sulfonamides is 1. The van der Waals surface area contributed by atoms with Crippen molar-refractivity contribution in [2.24, 2.45) is 0 Å². The molecule has 1 amide bonds. The molecule has 0 saturated carbocycles. The lowest BCUT2D eigenvalue weighted by Gasteiger charge is -2.23. The van der Waals surface area contributed by atoms with Gasteiger partial charge in [0, 0.05) is 12.1 Å². The monoisotopic (exact) mass is 524 g/mol. The predicted octanol–water partition coefficient (Wildman–Crippen LogP) is 3.57. The summed E-state index contributed by atoms with van der Waals surface area (Å²) in [6, 6.07) is 4.91. The van der Waals surface area contributed by atoms with Crippen LogP contribution in [-0.4, -0.2) is 54.4 Å². The Bertz CT molecular complexity index is 1200. The third-order valence-corrected chi connectivity index (χ3v) is 5.90. The SMILES string of the molecule is COC(=O)c1cc(OC)c(OC)cc1NC(=O)CN(c1ccc(Cl)c(C(F)(F)F)c1)S(C)(=O)=O. The molecule has 0 aliphatic rings. The Hall–Kier alpha value is -3.19. The van der Waals surface area contributed by atoms with Crippen LogP contribution in [0.25, 0.3) is 0 Å². The van der Waals surface area contributed by atoms with Crippen molar-refractivity contribution in [3.63, 3.8) is 0 Å². The second kappa shape index (κ2) is 10.4. The largest absolute Gasteiger partial charge is 0.493 e. The maximum Gasteiger partial charge on any atom is 0.417 e. The molecule has 0 bridgehead atoms. The first kappa shape index (κ1) is 27.1. The molecular weight excluding hydrogens is 505 g/mol. The van der Waals surface area contributed by atoms with Gasteiger partial charge < -0.3 is 19.5 Å². The van der Waals surface area contributed by atoms with Gasteiger partial charge in [0.2, 0.25) is 15.9 Å². The number of benzene rings is 2. The highest BCUT2D eigenvalue weighted by atomic mass is 35.5. The van der Waals surface area contributed by atoms with Crippen LogP contribution in [0.4, 0.5) is 24.5 Å². The molecule has 2 aromatic rings. The second-order valence-corrected chi connectivity index (χ2v) is 9.04. The van der Waals surface area contributed by atoms with E-state index in [4.69, 9.17) is 21.1 Å². The summed E-state index contributed by atoms with van der Waals surface area (Å²) in [5.41, 5.74) is -1.94. The van der Waals surface area contributed by atoms with Crippen LogP contribution in [0.2, 0.25) is 5.02 Å². The summed E-state index contributed by atoms with van der Waals surface area (Å²) in [4.78, 5) is 24.9. The quantitative estimate of drug-likeness (QED) is 0.525. The van der Waals surface area contributed by atoms with Crippen molar-refractivity contribution in [1.82, 2.24) is 0 Å². The summed E-state index contributed by atoms with van der Waals surface area (Å²) in [5, 5.41) is 1.71. The van der Waals surface area contributed by atoms with E-state index in [0.717, 1.165) is 25.5 Å². The number of anilines is 2. The van der Waals surface area contributed by atoms with Crippen molar-refractivity contribution in [2.75, 3.05) is 43.8 Å². The summed E-state index contributed by atoms with van der Waals surface area (Å²) < 4.78 is 79.7. The molecule has 0 unspecified atom stereocenters. The molecule has 186 valence electrons. The number of hydrogen-bond donors (Lipinski definition) is 1. The number of carbonyl (C=O) groups excluding carboxylic acids is 2. The molecule has 2 aromatic carbocycles. The number of hydrogen-bond acceptors (Lipinski definition) is 7. The molecule has 2 rings (SSSR count). The van der Waals surface area contributed by atoms with E-state index < -0.39 is 50.9 Å². The molecule has 0 aliphatic carbocycles. The summed E-state index contributed by atoms with van der Waals surface area (Å²) in [6.45, 7) is -0.910. The highest BCUT2D eigenvalue weighted by Gasteiger charge is 2.34. The number of amides is 1. The van der Waals surface area contributed by atoms with E-state index in [1.807, 2.05) is 0 Å². The van der Waals surface area contributed by atoms with Gasteiger partial charge in [0.15, 0.2) is 11.5 Å². The average molecular weight is 525 g/mol. The molecule has 0 atom stereocenters. The number of carbonyl (C=O) groups is 2. The smallest absolute Gasteiger partial charge is 0.417 e. The van der Waals surface area contributed by atoms with Crippen molar-refractivity contribution in [3.8, 4) is 11.5 Å². The Balaban J connectivity index is 2.46. The van der Waals surface area contributed by atoms with E-state index in [2.05, 4.69) is 10.1 Å². The molecule has 9 nitrogen and oxygen atoms in total. The lowest BCUT2D eigenvalue weighted by atomic mass is 10.1. The van der Waals surface area contributed by atoms with Gasteiger partial charge in [-0.05, 0) is 18.2 Å². The van der Waals surface area contributed by atoms with E-state index in [9.17, 15) is 31.2 Å². The van der Waals surface area contributed by atoms with Gasteiger partial charge in [-0.3, -0.25) is 9.10 Å². The van der Waals surface area contributed by atoms with Crippen LogP contribution in [0.15, 0.2) is 30.3 Å². The van der Waals surface area contributed by atoms with E-state index in [1.165, 1.54) is 26.4 Å². The molecule has 34 heavy (non-hydrogen) atoms. The van der Waals surface area contributed by atoms with Crippen LogP contribution in [0.1, 0.15) is 15.9 Å². The summed E-state index contributed by atoms with van der Waals surface area (Å²) >= 11 is 5.59. The molecule has 0 fully saturated rings. The number of esters is 1. The Morgan fingerprint density at radius 3 is 2.15 bits per heavy atom. The molecule has 1 N–H and O–H groups in total. The normalized spacial score (nSPS) is 11.5. The number of halogens is 4. The maximum atomic E-state index is 13.2. The number of ether oxygens (including phenoxy) is 3. The zero-order valence-corrected chi connectivity index (χ0v) is 19.9. The summed E-state index contributed by atoms with van der Waals surface area (Å²) in [7, 11) is -0.470. The minimum Gasteiger partial charge on any atom is -0.493 e. The number of methoxy groups -OCH3 is 3. The fraction of sp³-hybridized carbons (Fsp3) is 0.300. The van der Waals surface area contributed by atoms with Crippen molar-refractivity contribution < 1.29 is 45.4 Å². The molecule has 0 aromatic heterocycles. The fourth-order valence-electron chi connectivity index (χ4n) is 2.87. The van der Waals surface area contributed by atoms with E-state index >= 15 is 0 Å². The van der Waals surface area contributed by atoms with Crippen molar-refractivity contribution in [2.45, 2.75) is 6.18 Å². The third-order valence-electron chi connectivity index (χ3n) is 4.43. The van der Waals surface area contributed by atoms with Gasteiger partial charge in [-0.2, -0.15) is 13.2 Å². The Morgan fingerprint density at radius 1 is 1.06 bits per heavy atom.